The number of carbonyl (C=O) groups excluding carboxylic acids is 3. The zero-order chi connectivity index (χ0) is 34.3. The van der Waals surface area contributed by atoms with Crippen molar-refractivity contribution in [2.24, 2.45) is 0 Å². The predicted octanol–water partition coefficient (Wildman–Crippen LogP) is 4.68. The molecule has 2 heterocycles. The van der Waals surface area contributed by atoms with Gasteiger partial charge in [0.2, 0.25) is 0 Å². The number of aromatic amines is 1. The number of alkyl halides is 3. The Kier molecular flexibility index (Phi) is 10.2. The number of nitrogens with one attached hydrogen (secondary N) is 3. The van der Waals surface area contributed by atoms with Gasteiger partial charge in [0.15, 0.2) is 0 Å². The number of fused-ring (bicyclic) bond motifs is 1. The number of amides is 1. The van der Waals surface area contributed by atoms with E-state index < -0.39 is 42.5 Å². The lowest BCUT2D eigenvalue weighted by Gasteiger charge is -2.19. The highest BCUT2D eigenvalue weighted by atomic mass is 19.4. The van der Waals surface area contributed by atoms with E-state index in [4.69, 9.17) is 4.74 Å². The highest BCUT2D eigenvalue weighted by molar-refractivity contribution is 5.92. The zero-order valence-electron chi connectivity index (χ0n) is 25.4. The van der Waals surface area contributed by atoms with Gasteiger partial charge >= 0.3 is 29.9 Å². The second kappa shape index (κ2) is 14.6. The summed E-state index contributed by atoms with van der Waals surface area (Å²) in [4.78, 5) is 61.0. The van der Waals surface area contributed by atoms with E-state index in [1.807, 2.05) is 48.5 Å². The fourth-order valence-electron chi connectivity index (χ4n) is 4.66. The maximum absolute atomic E-state index is 12.9. The highest BCUT2D eigenvalue weighted by Gasteiger charge is 2.43. The minimum absolute atomic E-state index is 0.220. The van der Waals surface area contributed by atoms with Crippen LogP contribution in [0, 0.1) is 6.92 Å². The van der Waals surface area contributed by atoms with Gasteiger partial charge in [-0.3, -0.25) is 4.57 Å². The van der Waals surface area contributed by atoms with Crippen molar-refractivity contribution in [3.05, 3.63) is 112 Å². The first-order valence-electron chi connectivity index (χ1n) is 14.6. The lowest BCUT2D eigenvalue weighted by Crippen LogP contribution is -2.48. The number of hydrogen-bond donors (Lipinski definition) is 3. The molecule has 0 unspecified atom stereocenters. The molecule has 0 aliphatic carbocycles. The number of nitrogens with zero attached hydrogens (tertiary/aromatic N) is 3. The number of hydrogen-bond acceptors (Lipinski definition) is 9. The van der Waals surface area contributed by atoms with Gasteiger partial charge in [0.1, 0.15) is 24.3 Å². The summed E-state index contributed by atoms with van der Waals surface area (Å²) in [5, 5.41) is 5.15. The molecule has 5 aromatic rings. The van der Waals surface area contributed by atoms with Gasteiger partial charge in [-0.25, -0.2) is 24.2 Å². The Balaban J connectivity index is 1.21. The third-order valence-corrected chi connectivity index (χ3v) is 7.09. The first-order valence-corrected chi connectivity index (χ1v) is 14.6. The van der Waals surface area contributed by atoms with Gasteiger partial charge in [0.25, 0.3) is 0 Å². The molecule has 3 N–H and O–H groups in total. The van der Waals surface area contributed by atoms with Crippen molar-refractivity contribution in [3.63, 3.8) is 0 Å². The molecular weight excluding hydrogens is 633 g/mol. The number of imidazole rings is 1. The number of anilines is 1. The molecule has 0 saturated carbocycles. The van der Waals surface area contributed by atoms with Crippen molar-refractivity contribution in [1.29, 1.82) is 0 Å². The van der Waals surface area contributed by atoms with Crippen LogP contribution in [0.15, 0.2) is 89.9 Å². The van der Waals surface area contributed by atoms with Crippen LogP contribution in [0.1, 0.15) is 16.7 Å². The van der Waals surface area contributed by atoms with Gasteiger partial charge in [-0.2, -0.15) is 18.2 Å². The Bertz CT molecular complexity index is 1940. The SMILES string of the molecule is Cc1cn(C[C@H](NC(=O)OCc2ccccc2)C(=O)OC(=O)C(F)(F)F)c(=O)nc1NCCc1ccc(-c2nc3ccccc3[nH]2)cc1. The number of para-hydroxylation sites is 2. The third kappa shape index (κ3) is 8.63. The van der Waals surface area contributed by atoms with Crippen LogP contribution < -0.4 is 16.3 Å². The van der Waals surface area contributed by atoms with E-state index >= 15 is 0 Å². The van der Waals surface area contributed by atoms with Crippen molar-refractivity contribution in [2.45, 2.75) is 38.7 Å². The molecular formula is C33H29F3N6O6. The number of alkyl carbamates (subject to hydrolysis) is 1. The number of benzene rings is 3. The number of ether oxygens (including phenoxy) is 2. The number of rotatable bonds is 11. The molecule has 12 nitrogen and oxygen atoms in total. The van der Waals surface area contributed by atoms with Gasteiger partial charge in [0.05, 0.1) is 17.6 Å². The number of aryl methyl sites for hydroxylation is 1. The molecule has 0 fully saturated rings. The second-order valence-corrected chi connectivity index (χ2v) is 10.6. The summed E-state index contributed by atoms with van der Waals surface area (Å²) in [7, 11) is 0. The summed E-state index contributed by atoms with van der Waals surface area (Å²) in [6, 6.07) is 22.1. The fourth-order valence-corrected chi connectivity index (χ4v) is 4.66. The van der Waals surface area contributed by atoms with Gasteiger partial charge in [0, 0.05) is 23.9 Å². The number of halogens is 3. The topological polar surface area (TPSA) is 157 Å². The molecule has 248 valence electrons. The Morgan fingerprint density at radius 1 is 0.938 bits per heavy atom. The van der Waals surface area contributed by atoms with E-state index in [9.17, 15) is 32.3 Å². The smallest absolute Gasteiger partial charge is 0.445 e. The molecule has 0 bridgehead atoms. The van der Waals surface area contributed by atoms with E-state index in [2.05, 4.69) is 30.3 Å². The summed E-state index contributed by atoms with van der Waals surface area (Å²) in [6.07, 6.45) is -4.77. The average molecular weight is 663 g/mol. The molecule has 1 atom stereocenters. The van der Waals surface area contributed by atoms with E-state index in [1.165, 1.54) is 6.20 Å². The molecule has 3 aromatic carbocycles. The molecule has 2 aromatic heterocycles. The van der Waals surface area contributed by atoms with Gasteiger partial charge in [-0.15, -0.1) is 0 Å². The third-order valence-electron chi connectivity index (χ3n) is 7.09. The Morgan fingerprint density at radius 2 is 1.65 bits per heavy atom. The van der Waals surface area contributed by atoms with E-state index in [-0.39, 0.29) is 12.4 Å². The summed E-state index contributed by atoms with van der Waals surface area (Å²) in [6.45, 7) is 1.11. The van der Waals surface area contributed by atoms with E-state index in [0.29, 0.717) is 24.1 Å². The van der Waals surface area contributed by atoms with Crippen LogP contribution >= 0.6 is 0 Å². The highest BCUT2D eigenvalue weighted by Crippen LogP contribution is 2.21. The van der Waals surface area contributed by atoms with Crippen LogP contribution in [0.3, 0.4) is 0 Å². The van der Waals surface area contributed by atoms with Crippen LogP contribution in [0.25, 0.3) is 22.4 Å². The zero-order valence-corrected chi connectivity index (χ0v) is 25.4. The maximum Gasteiger partial charge on any atom is 0.491 e. The first kappa shape index (κ1) is 33.4. The standard InChI is InChI=1S/C33H29F3N6O6/c1-20-17-42(18-26(29(43)48-30(44)33(34,35)36)40-32(46)47-19-22-7-3-2-4-8-22)31(45)41-27(20)37-16-15-21-11-13-23(14-12-21)28-38-24-9-5-6-10-25(24)39-28/h2-14,17,26H,15-16,18-19H2,1H3,(H,38,39)(H,40,46)(H,37,41,45)/t26-/m0/s1. The molecule has 1 amide bonds. The number of esters is 2. The summed E-state index contributed by atoms with van der Waals surface area (Å²) in [5.74, 6) is -3.52. The van der Waals surface area contributed by atoms with Crippen molar-refractivity contribution in [3.8, 4) is 11.4 Å². The second-order valence-electron chi connectivity index (χ2n) is 10.6. The quantitative estimate of drug-likeness (QED) is 0.135. The summed E-state index contributed by atoms with van der Waals surface area (Å²) < 4.78 is 48.1. The van der Waals surface area contributed by atoms with Gasteiger partial charge in [-0.1, -0.05) is 66.7 Å². The molecule has 0 radical (unpaired) electrons. The van der Waals surface area contributed by atoms with Crippen molar-refractivity contribution in [1.82, 2.24) is 24.8 Å². The largest absolute Gasteiger partial charge is 0.491 e. The number of aromatic nitrogens is 4. The van der Waals surface area contributed by atoms with Crippen LogP contribution in [0.2, 0.25) is 0 Å². The van der Waals surface area contributed by atoms with E-state index in [0.717, 1.165) is 32.6 Å². The van der Waals surface area contributed by atoms with Crippen LogP contribution in [0.4, 0.5) is 23.8 Å². The summed E-state index contributed by atoms with van der Waals surface area (Å²) >= 11 is 0. The lowest BCUT2D eigenvalue weighted by molar-refractivity contribution is -0.202. The molecule has 0 saturated heterocycles. The first-order chi connectivity index (χ1) is 23.0. The van der Waals surface area contributed by atoms with Crippen molar-refractivity contribution < 1.29 is 37.0 Å². The normalized spacial score (nSPS) is 11.9. The number of H-pyrrole nitrogens is 1. The molecule has 0 aliphatic heterocycles. The monoisotopic (exact) mass is 662 g/mol. The fraction of sp³-hybridized carbons (Fsp3) is 0.212. The summed E-state index contributed by atoms with van der Waals surface area (Å²) in [5.41, 5.74) is 3.92. The van der Waals surface area contributed by atoms with Crippen molar-refractivity contribution >= 4 is 34.9 Å². The molecule has 0 aliphatic rings. The predicted molar refractivity (Wildman–Crippen MR) is 168 cm³/mol. The molecule has 48 heavy (non-hydrogen) atoms. The van der Waals surface area contributed by atoms with Crippen LogP contribution in [-0.2, 0) is 38.6 Å². The van der Waals surface area contributed by atoms with Crippen LogP contribution in [0.5, 0.6) is 0 Å². The molecule has 15 heteroatoms. The van der Waals surface area contributed by atoms with E-state index in [1.54, 1.807) is 37.3 Å². The minimum Gasteiger partial charge on any atom is -0.445 e. The van der Waals surface area contributed by atoms with Crippen LogP contribution in [-0.4, -0.2) is 56.3 Å². The minimum atomic E-state index is -5.47. The Hall–Kier alpha value is -5.99. The van der Waals surface area contributed by atoms with Gasteiger partial charge in [-0.05, 0) is 36.6 Å². The lowest BCUT2D eigenvalue weighted by atomic mass is 10.1. The number of carbonyl (C=O) groups is 3. The Morgan fingerprint density at radius 3 is 2.35 bits per heavy atom. The van der Waals surface area contributed by atoms with Gasteiger partial charge < -0.3 is 25.1 Å². The Labute approximate surface area is 270 Å². The van der Waals surface area contributed by atoms with Crippen molar-refractivity contribution in [2.75, 3.05) is 11.9 Å². The maximum atomic E-state index is 12.9. The average Bonchev–Trinajstić information content (AvgIpc) is 3.50. The molecule has 5 rings (SSSR count). The molecule has 0 spiro atoms.